The third-order valence-corrected chi connectivity index (χ3v) is 4.98. The Balaban J connectivity index is 2.32. The maximum absolute atomic E-state index is 13.4. The van der Waals surface area contributed by atoms with Crippen molar-refractivity contribution in [2.75, 3.05) is 0 Å². The van der Waals surface area contributed by atoms with E-state index in [1.807, 2.05) is 18.5 Å². The highest BCUT2D eigenvalue weighted by Crippen LogP contribution is 2.29. The predicted molar refractivity (Wildman–Crippen MR) is 85.1 cm³/mol. The second kappa shape index (κ2) is 6.37. The molecule has 2 aromatic rings. The van der Waals surface area contributed by atoms with E-state index in [-0.39, 0.29) is 11.9 Å². The molecule has 0 aliphatic carbocycles. The standard InChI is InChI=1S/C14H16Br2FN3/c1-3-20-13(14(16)8(2)19-20)7-12(18)10-6-9(17)4-5-11(10)15/h4-6,12H,3,7,18H2,1-2H3. The molecule has 0 fully saturated rings. The fraction of sp³-hybridized carbons (Fsp3) is 0.357. The fourth-order valence-electron chi connectivity index (χ4n) is 2.18. The van der Waals surface area contributed by atoms with Gasteiger partial charge in [-0.15, -0.1) is 0 Å². The number of hydrogen-bond acceptors (Lipinski definition) is 2. The Kier molecular flexibility index (Phi) is 4.99. The van der Waals surface area contributed by atoms with Crippen LogP contribution < -0.4 is 5.73 Å². The van der Waals surface area contributed by atoms with Crippen molar-refractivity contribution in [1.82, 2.24) is 9.78 Å². The van der Waals surface area contributed by atoms with Crippen LogP contribution in [0.4, 0.5) is 4.39 Å². The summed E-state index contributed by atoms with van der Waals surface area (Å²) in [5, 5.41) is 4.44. The zero-order chi connectivity index (χ0) is 14.9. The first-order valence-corrected chi connectivity index (χ1v) is 7.95. The van der Waals surface area contributed by atoms with Crippen LogP contribution in [0.25, 0.3) is 0 Å². The van der Waals surface area contributed by atoms with Crippen molar-refractivity contribution in [2.45, 2.75) is 32.9 Å². The summed E-state index contributed by atoms with van der Waals surface area (Å²) >= 11 is 6.97. The summed E-state index contributed by atoms with van der Waals surface area (Å²) in [4.78, 5) is 0. The number of nitrogens with two attached hydrogens (primary N) is 1. The average Bonchev–Trinajstić information content (AvgIpc) is 2.69. The van der Waals surface area contributed by atoms with Crippen LogP contribution in [0.2, 0.25) is 0 Å². The molecule has 1 atom stereocenters. The van der Waals surface area contributed by atoms with E-state index < -0.39 is 0 Å². The van der Waals surface area contributed by atoms with Crippen LogP contribution in [-0.2, 0) is 13.0 Å². The van der Waals surface area contributed by atoms with Gasteiger partial charge in [-0.25, -0.2) is 4.39 Å². The van der Waals surface area contributed by atoms with Gasteiger partial charge in [0.05, 0.1) is 15.9 Å². The summed E-state index contributed by atoms with van der Waals surface area (Å²) in [5.41, 5.74) is 8.98. The molecule has 0 amide bonds. The largest absolute Gasteiger partial charge is 0.324 e. The number of benzene rings is 1. The summed E-state index contributed by atoms with van der Waals surface area (Å²) < 4.78 is 17.1. The van der Waals surface area contributed by atoms with E-state index in [0.717, 1.165) is 32.4 Å². The van der Waals surface area contributed by atoms with Crippen molar-refractivity contribution >= 4 is 31.9 Å². The van der Waals surface area contributed by atoms with Crippen LogP contribution in [0.5, 0.6) is 0 Å². The Morgan fingerprint density at radius 3 is 2.75 bits per heavy atom. The molecule has 0 aliphatic rings. The van der Waals surface area contributed by atoms with Gasteiger partial charge in [-0.05, 0) is 53.5 Å². The van der Waals surface area contributed by atoms with Gasteiger partial charge in [0.2, 0.25) is 0 Å². The normalized spacial score (nSPS) is 12.7. The summed E-state index contributed by atoms with van der Waals surface area (Å²) in [6, 6.07) is 4.28. The molecule has 20 heavy (non-hydrogen) atoms. The quantitative estimate of drug-likeness (QED) is 0.832. The van der Waals surface area contributed by atoms with E-state index in [4.69, 9.17) is 5.73 Å². The van der Waals surface area contributed by atoms with E-state index in [1.165, 1.54) is 12.1 Å². The molecule has 2 N–H and O–H groups in total. The predicted octanol–water partition coefficient (Wildman–Crippen LogP) is 4.12. The minimum absolute atomic E-state index is 0.280. The number of halogens is 3. The zero-order valence-electron chi connectivity index (χ0n) is 11.3. The van der Waals surface area contributed by atoms with E-state index in [1.54, 1.807) is 6.07 Å². The van der Waals surface area contributed by atoms with Crippen LogP contribution in [-0.4, -0.2) is 9.78 Å². The van der Waals surface area contributed by atoms with Crippen LogP contribution in [0.1, 0.15) is 29.9 Å². The van der Waals surface area contributed by atoms with Crippen LogP contribution in [0.15, 0.2) is 27.1 Å². The second-order valence-electron chi connectivity index (χ2n) is 4.64. The topological polar surface area (TPSA) is 43.8 Å². The van der Waals surface area contributed by atoms with E-state index in [9.17, 15) is 4.39 Å². The lowest BCUT2D eigenvalue weighted by atomic mass is 10.0. The molecule has 0 bridgehead atoms. The molecule has 1 heterocycles. The summed E-state index contributed by atoms with van der Waals surface area (Å²) in [6.07, 6.45) is 0.595. The smallest absolute Gasteiger partial charge is 0.123 e. The molecule has 6 heteroatoms. The second-order valence-corrected chi connectivity index (χ2v) is 6.29. The molecule has 1 aromatic carbocycles. The first-order valence-electron chi connectivity index (χ1n) is 6.36. The molecule has 0 saturated carbocycles. The zero-order valence-corrected chi connectivity index (χ0v) is 14.5. The summed E-state index contributed by atoms with van der Waals surface area (Å²) in [5.74, 6) is -0.280. The van der Waals surface area contributed by atoms with Crippen molar-refractivity contribution in [2.24, 2.45) is 5.73 Å². The van der Waals surface area contributed by atoms with Gasteiger partial charge >= 0.3 is 0 Å². The Morgan fingerprint density at radius 2 is 2.10 bits per heavy atom. The van der Waals surface area contributed by atoms with Gasteiger partial charge in [-0.1, -0.05) is 15.9 Å². The molecule has 0 aliphatic heterocycles. The molecule has 3 nitrogen and oxygen atoms in total. The third kappa shape index (κ3) is 3.13. The van der Waals surface area contributed by atoms with Crippen molar-refractivity contribution in [3.8, 4) is 0 Å². The first-order chi connectivity index (χ1) is 9.43. The van der Waals surface area contributed by atoms with Crippen molar-refractivity contribution in [3.05, 3.63) is 49.9 Å². The van der Waals surface area contributed by atoms with E-state index in [2.05, 4.69) is 37.0 Å². The monoisotopic (exact) mass is 403 g/mol. The van der Waals surface area contributed by atoms with Gasteiger partial charge in [0.1, 0.15) is 5.82 Å². The fourth-order valence-corrected chi connectivity index (χ4v) is 3.17. The highest BCUT2D eigenvalue weighted by atomic mass is 79.9. The van der Waals surface area contributed by atoms with Gasteiger partial charge in [-0.2, -0.15) is 5.10 Å². The molecule has 0 spiro atoms. The molecule has 2 rings (SSSR count). The minimum Gasteiger partial charge on any atom is -0.324 e. The van der Waals surface area contributed by atoms with E-state index >= 15 is 0 Å². The minimum atomic E-state index is -0.294. The number of nitrogens with zero attached hydrogens (tertiary/aromatic N) is 2. The SMILES string of the molecule is CCn1nc(C)c(Br)c1CC(N)c1cc(F)ccc1Br. The maximum Gasteiger partial charge on any atom is 0.123 e. The van der Waals surface area contributed by atoms with E-state index in [0.29, 0.717) is 6.42 Å². The molecule has 0 radical (unpaired) electrons. The Bertz CT molecular complexity index is 625. The van der Waals surface area contributed by atoms with Crippen LogP contribution in [0, 0.1) is 12.7 Å². The Morgan fingerprint density at radius 1 is 1.40 bits per heavy atom. The third-order valence-electron chi connectivity index (χ3n) is 3.22. The van der Waals surface area contributed by atoms with Gasteiger partial charge < -0.3 is 5.73 Å². The number of aromatic nitrogens is 2. The molecule has 1 aromatic heterocycles. The highest BCUT2D eigenvalue weighted by Gasteiger charge is 2.18. The molecule has 0 saturated heterocycles. The van der Waals surface area contributed by atoms with Gasteiger partial charge in [-0.3, -0.25) is 4.68 Å². The average molecular weight is 405 g/mol. The van der Waals surface area contributed by atoms with Crippen molar-refractivity contribution in [1.29, 1.82) is 0 Å². The van der Waals surface area contributed by atoms with Gasteiger partial charge in [0.25, 0.3) is 0 Å². The first kappa shape index (κ1) is 15.7. The Hall–Kier alpha value is -0.720. The van der Waals surface area contributed by atoms with Gasteiger partial charge in [0.15, 0.2) is 0 Å². The Labute approximate surface area is 134 Å². The van der Waals surface area contributed by atoms with Gasteiger partial charge in [0, 0.05) is 23.5 Å². The molecule has 108 valence electrons. The molecular formula is C14H16Br2FN3. The van der Waals surface area contributed by atoms with Crippen molar-refractivity contribution < 1.29 is 4.39 Å². The highest BCUT2D eigenvalue weighted by molar-refractivity contribution is 9.10. The summed E-state index contributed by atoms with van der Waals surface area (Å²) in [6.45, 7) is 4.76. The van der Waals surface area contributed by atoms with Crippen LogP contribution in [0.3, 0.4) is 0 Å². The lowest BCUT2D eigenvalue weighted by Crippen LogP contribution is -2.17. The number of aryl methyl sites for hydroxylation is 2. The molecular weight excluding hydrogens is 389 g/mol. The lowest BCUT2D eigenvalue weighted by Gasteiger charge is -2.15. The maximum atomic E-state index is 13.4. The summed E-state index contributed by atoms with van der Waals surface area (Å²) in [7, 11) is 0. The lowest BCUT2D eigenvalue weighted by molar-refractivity contribution is 0.580. The molecule has 1 unspecified atom stereocenters. The number of hydrogen-bond donors (Lipinski definition) is 1. The van der Waals surface area contributed by atoms with Crippen molar-refractivity contribution in [3.63, 3.8) is 0 Å². The number of rotatable bonds is 4. The van der Waals surface area contributed by atoms with Crippen LogP contribution >= 0.6 is 31.9 Å².